The Morgan fingerprint density at radius 1 is 1.25 bits per heavy atom. The van der Waals surface area contributed by atoms with Gasteiger partial charge in [0, 0.05) is 28.0 Å². The van der Waals surface area contributed by atoms with Gasteiger partial charge in [-0.2, -0.15) is 4.98 Å². The fourth-order valence-electron chi connectivity index (χ4n) is 2.74. The third-order valence-electron chi connectivity index (χ3n) is 3.81. The number of nitrogens with one attached hydrogen (secondary N) is 1. The van der Waals surface area contributed by atoms with Crippen LogP contribution in [0.15, 0.2) is 23.7 Å². The maximum atomic E-state index is 6.12. The summed E-state index contributed by atoms with van der Waals surface area (Å²) in [6, 6.07) is 5.83. The molecule has 4 rings (SSSR count). The molecule has 0 saturated heterocycles. The second-order valence-corrected chi connectivity index (χ2v) is 6.93. The summed E-state index contributed by atoms with van der Waals surface area (Å²) < 4.78 is 5.83. The first-order valence-electron chi connectivity index (χ1n) is 7.28. The number of benzene rings is 1. The van der Waals surface area contributed by atoms with Crippen LogP contribution < -0.4 is 4.74 Å². The first-order chi connectivity index (χ1) is 11.6. The van der Waals surface area contributed by atoms with Gasteiger partial charge in [0.25, 0.3) is 0 Å². The lowest BCUT2D eigenvalue weighted by Crippen LogP contribution is -2.04. The van der Waals surface area contributed by atoms with Crippen molar-refractivity contribution in [2.45, 2.75) is 13.3 Å². The standard InChI is InChI=1S/C16H12Cl2N4OS/c1-8-10(11-6-9(17)2-3-12(11)20-8)4-5-23-14-13-15(24-7-19-13)22-16(18)21-14/h2-3,6-7,20H,4-5H2,1H3. The number of aromatic amines is 1. The largest absolute Gasteiger partial charge is 0.476 e. The first kappa shape index (κ1) is 15.6. The van der Waals surface area contributed by atoms with E-state index >= 15 is 0 Å². The maximum absolute atomic E-state index is 6.12. The van der Waals surface area contributed by atoms with Crippen molar-refractivity contribution >= 4 is 55.8 Å². The number of aryl methyl sites for hydroxylation is 1. The minimum absolute atomic E-state index is 0.164. The number of hydrogen-bond donors (Lipinski definition) is 1. The van der Waals surface area contributed by atoms with Gasteiger partial charge in [0.1, 0.15) is 0 Å². The van der Waals surface area contributed by atoms with Gasteiger partial charge in [0.15, 0.2) is 10.3 Å². The Morgan fingerprint density at radius 3 is 3.00 bits per heavy atom. The Morgan fingerprint density at radius 2 is 2.12 bits per heavy atom. The van der Waals surface area contributed by atoms with Crippen LogP contribution in [0.5, 0.6) is 5.88 Å². The van der Waals surface area contributed by atoms with Gasteiger partial charge in [0.05, 0.1) is 12.1 Å². The van der Waals surface area contributed by atoms with Gasteiger partial charge in [0.2, 0.25) is 11.2 Å². The van der Waals surface area contributed by atoms with E-state index in [1.807, 2.05) is 25.1 Å². The zero-order chi connectivity index (χ0) is 16.7. The number of hydrogen-bond acceptors (Lipinski definition) is 5. The van der Waals surface area contributed by atoms with E-state index in [-0.39, 0.29) is 5.28 Å². The van der Waals surface area contributed by atoms with Gasteiger partial charge in [-0.05, 0) is 42.3 Å². The highest BCUT2D eigenvalue weighted by atomic mass is 35.5. The van der Waals surface area contributed by atoms with E-state index in [2.05, 4.69) is 19.9 Å². The van der Waals surface area contributed by atoms with Crippen molar-refractivity contribution in [3.05, 3.63) is 45.3 Å². The van der Waals surface area contributed by atoms with Crippen LogP contribution in [0.3, 0.4) is 0 Å². The van der Waals surface area contributed by atoms with Crippen LogP contribution in [-0.2, 0) is 6.42 Å². The number of rotatable bonds is 4. The molecule has 0 spiro atoms. The van der Waals surface area contributed by atoms with E-state index in [1.54, 1.807) is 5.51 Å². The van der Waals surface area contributed by atoms with Gasteiger partial charge in [-0.25, -0.2) is 9.97 Å². The molecule has 8 heteroatoms. The van der Waals surface area contributed by atoms with Crippen molar-refractivity contribution in [3.63, 3.8) is 0 Å². The summed E-state index contributed by atoms with van der Waals surface area (Å²) in [5.74, 6) is 0.418. The lowest BCUT2D eigenvalue weighted by Gasteiger charge is -2.06. The monoisotopic (exact) mass is 378 g/mol. The van der Waals surface area contributed by atoms with Crippen LogP contribution in [0.25, 0.3) is 21.3 Å². The third kappa shape index (κ3) is 2.81. The van der Waals surface area contributed by atoms with Gasteiger partial charge < -0.3 is 9.72 Å². The molecule has 0 unspecified atom stereocenters. The van der Waals surface area contributed by atoms with E-state index in [0.717, 1.165) is 32.9 Å². The summed E-state index contributed by atoms with van der Waals surface area (Å²) >= 11 is 13.5. The number of ether oxygens (including phenoxy) is 1. The van der Waals surface area contributed by atoms with Crippen molar-refractivity contribution < 1.29 is 4.74 Å². The number of aromatic nitrogens is 4. The van der Waals surface area contributed by atoms with Crippen LogP contribution in [0.2, 0.25) is 10.3 Å². The lowest BCUT2D eigenvalue weighted by molar-refractivity contribution is 0.313. The molecule has 24 heavy (non-hydrogen) atoms. The summed E-state index contributed by atoms with van der Waals surface area (Å²) in [7, 11) is 0. The average molecular weight is 379 g/mol. The highest BCUT2D eigenvalue weighted by Crippen LogP contribution is 2.28. The fraction of sp³-hybridized carbons (Fsp3) is 0.188. The summed E-state index contributed by atoms with van der Waals surface area (Å²) in [5, 5.41) is 2.00. The van der Waals surface area contributed by atoms with Crippen LogP contribution in [-0.4, -0.2) is 26.5 Å². The molecule has 3 aromatic heterocycles. The van der Waals surface area contributed by atoms with Gasteiger partial charge in [-0.3, -0.25) is 0 Å². The maximum Gasteiger partial charge on any atom is 0.245 e. The molecule has 0 aliphatic rings. The predicted molar refractivity (Wildman–Crippen MR) is 97.5 cm³/mol. The van der Waals surface area contributed by atoms with Crippen molar-refractivity contribution in [1.29, 1.82) is 0 Å². The molecule has 0 aliphatic carbocycles. The van der Waals surface area contributed by atoms with Gasteiger partial charge in [-0.1, -0.05) is 11.6 Å². The molecule has 1 N–H and O–H groups in total. The van der Waals surface area contributed by atoms with Crippen molar-refractivity contribution in [3.8, 4) is 5.88 Å². The number of nitrogens with zero attached hydrogens (tertiary/aromatic N) is 3. The van der Waals surface area contributed by atoms with Crippen LogP contribution in [0.1, 0.15) is 11.3 Å². The number of fused-ring (bicyclic) bond motifs is 2. The normalized spacial score (nSPS) is 11.5. The fourth-order valence-corrected chi connectivity index (χ4v) is 3.77. The van der Waals surface area contributed by atoms with E-state index in [0.29, 0.717) is 18.0 Å². The molecule has 0 fully saturated rings. The quantitative estimate of drug-likeness (QED) is 0.517. The summed E-state index contributed by atoms with van der Waals surface area (Å²) in [6.45, 7) is 2.50. The summed E-state index contributed by atoms with van der Waals surface area (Å²) in [4.78, 5) is 16.6. The first-order valence-corrected chi connectivity index (χ1v) is 8.91. The Bertz CT molecular complexity index is 1040. The number of H-pyrrole nitrogens is 1. The molecular weight excluding hydrogens is 367 g/mol. The molecule has 0 saturated carbocycles. The highest BCUT2D eigenvalue weighted by molar-refractivity contribution is 7.16. The Kier molecular flexibility index (Phi) is 4.04. The van der Waals surface area contributed by atoms with E-state index in [4.69, 9.17) is 27.9 Å². The molecule has 0 atom stereocenters. The molecule has 1 aromatic carbocycles. The molecule has 0 radical (unpaired) electrons. The van der Waals surface area contributed by atoms with Crippen LogP contribution in [0.4, 0.5) is 0 Å². The Balaban J connectivity index is 1.58. The summed E-state index contributed by atoms with van der Waals surface area (Å²) in [6.07, 6.45) is 0.722. The van der Waals surface area contributed by atoms with Crippen molar-refractivity contribution in [2.24, 2.45) is 0 Å². The molecule has 5 nitrogen and oxygen atoms in total. The highest BCUT2D eigenvalue weighted by Gasteiger charge is 2.13. The van der Waals surface area contributed by atoms with Gasteiger partial charge >= 0.3 is 0 Å². The van der Waals surface area contributed by atoms with E-state index in [1.165, 1.54) is 16.9 Å². The van der Waals surface area contributed by atoms with Crippen molar-refractivity contribution in [1.82, 2.24) is 19.9 Å². The lowest BCUT2D eigenvalue weighted by atomic mass is 10.1. The van der Waals surface area contributed by atoms with Gasteiger partial charge in [-0.15, -0.1) is 11.3 Å². The molecule has 122 valence electrons. The minimum atomic E-state index is 0.164. The zero-order valence-corrected chi connectivity index (χ0v) is 15.0. The molecule has 0 aliphatic heterocycles. The molecule has 3 heterocycles. The predicted octanol–water partition coefficient (Wildman–Crippen LogP) is 4.80. The smallest absolute Gasteiger partial charge is 0.245 e. The summed E-state index contributed by atoms with van der Waals surface area (Å²) in [5.41, 5.74) is 5.70. The number of thiazole rings is 1. The Labute approximate surface area is 151 Å². The second kappa shape index (κ2) is 6.20. The van der Waals surface area contributed by atoms with Crippen molar-refractivity contribution in [2.75, 3.05) is 6.61 Å². The second-order valence-electron chi connectivity index (χ2n) is 5.32. The average Bonchev–Trinajstić information content (AvgIpc) is 3.12. The minimum Gasteiger partial charge on any atom is -0.476 e. The molecule has 0 bridgehead atoms. The molecule has 0 amide bonds. The molecular formula is C16H12Cl2N4OS. The Hall–Kier alpha value is -1.89. The zero-order valence-electron chi connectivity index (χ0n) is 12.6. The van der Waals surface area contributed by atoms with E-state index < -0.39 is 0 Å². The molecule has 4 aromatic rings. The third-order valence-corrected chi connectivity index (χ3v) is 4.93. The number of halogens is 2. The van der Waals surface area contributed by atoms with Crippen LogP contribution >= 0.6 is 34.5 Å². The van der Waals surface area contributed by atoms with E-state index in [9.17, 15) is 0 Å². The van der Waals surface area contributed by atoms with Crippen LogP contribution in [0, 0.1) is 6.92 Å². The topological polar surface area (TPSA) is 63.7 Å². The SMILES string of the molecule is Cc1[nH]c2ccc(Cl)cc2c1CCOc1nc(Cl)nc2scnc12.